The maximum atomic E-state index is 5.92. The molecule has 19 heavy (non-hydrogen) atoms. The van der Waals surface area contributed by atoms with Gasteiger partial charge in [-0.2, -0.15) is 0 Å². The highest BCUT2D eigenvalue weighted by atomic mass is 16.5. The fourth-order valence-electron chi connectivity index (χ4n) is 2.66. The number of nitrogens with two attached hydrogens (primary N) is 1. The molecule has 1 aliphatic carbocycles. The smallest absolute Gasteiger partial charge is 0.120 e. The van der Waals surface area contributed by atoms with Gasteiger partial charge in [0.2, 0.25) is 0 Å². The predicted octanol–water partition coefficient (Wildman–Crippen LogP) is 2.30. The van der Waals surface area contributed by atoms with E-state index in [-0.39, 0.29) is 12.1 Å². The zero-order valence-electron chi connectivity index (χ0n) is 11.3. The summed E-state index contributed by atoms with van der Waals surface area (Å²) in [7, 11) is 0. The number of hydrazine groups is 1. The lowest BCUT2D eigenvalue weighted by Crippen LogP contribution is -2.36. The molecule has 1 aromatic carbocycles. The van der Waals surface area contributed by atoms with Gasteiger partial charge in [-0.1, -0.05) is 12.1 Å². The normalized spacial score (nSPS) is 28.3. The lowest BCUT2D eigenvalue weighted by Gasteiger charge is -2.23. The van der Waals surface area contributed by atoms with E-state index in [0.29, 0.717) is 12.2 Å². The number of benzene rings is 1. The second-order valence-corrected chi connectivity index (χ2v) is 5.60. The fourth-order valence-corrected chi connectivity index (χ4v) is 2.66. The van der Waals surface area contributed by atoms with Crippen molar-refractivity contribution in [1.82, 2.24) is 5.43 Å². The third-order valence-corrected chi connectivity index (χ3v) is 3.86. The van der Waals surface area contributed by atoms with Crippen molar-refractivity contribution in [2.75, 3.05) is 0 Å². The highest BCUT2D eigenvalue weighted by Gasteiger charge is 2.30. The molecule has 1 saturated heterocycles. The Morgan fingerprint density at radius 2 is 2.16 bits per heavy atom. The van der Waals surface area contributed by atoms with E-state index in [2.05, 4.69) is 24.5 Å². The van der Waals surface area contributed by atoms with Crippen molar-refractivity contribution in [3.8, 4) is 5.75 Å². The summed E-state index contributed by atoms with van der Waals surface area (Å²) in [6.45, 7) is 2.11. The van der Waals surface area contributed by atoms with Crippen LogP contribution < -0.4 is 16.0 Å². The highest BCUT2D eigenvalue weighted by Crippen LogP contribution is 2.32. The molecular formula is C15H22N2O2. The first kappa shape index (κ1) is 12.9. The van der Waals surface area contributed by atoms with Crippen LogP contribution in [-0.4, -0.2) is 18.3 Å². The first-order chi connectivity index (χ1) is 9.26. The average molecular weight is 262 g/mol. The Morgan fingerprint density at radius 1 is 1.32 bits per heavy atom. The van der Waals surface area contributed by atoms with Crippen LogP contribution in [0.3, 0.4) is 0 Å². The second kappa shape index (κ2) is 5.49. The van der Waals surface area contributed by atoms with Crippen LogP contribution in [0.5, 0.6) is 5.75 Å². The quantitative estimate of drug-likeness (QED) is 0.631. The molecule has 0 spiro atoms. The predicted molar refractivity (Wildman–Crippen MR) is 73.7 cm³/mol. The van der Waals surface area contributed by atoms with Gasteiger partial charge in [-0.3, -0.25) is 11.3 Å². The molecule has 3 N–H and O–H groups in total. The van der Waals surface area contributed by atoms with Crippen LogP contribution in [-0.2, 0) is 4.74 Å². The van der Waals surface area contributed by atoms with E-state index in [1.165, 1.54) is 12.8 Å². The van der Waals surface area contributed by atoms with E-state index in [9.17, 15) is 0 Å². The van der Waals surface area contributed by atoms with Crippen molar-refractivity contribution in [2.45, 2.75) is 57.0 Å². The van der Waals surface area contributed by atoms with Crippen molar-refractivity contribution in [2.24, 2.45) is 5.84 Å². The van der Waals surface area contributed by atoms with Gasteiger partial charge in [0.25, 0.3) is 0 Å². The van der Waals surface area contributed by atoms with E-state index in [1.807, 2.05) is 12.1 Å². The Balaban J connectivity index is 1.74. The van der Waals surface area contributed by atoms with E-state index in [0.717, 1.165) is 24.2 Å². The lowest BCUT2D eigenvalue weighted by molar-refractivity contribution is 0.0315. The summed E-state index contributed by atoms with van der Waals surface area (Å²) in [5, 5.41) is 0. The van der Waals surface area contributed by atoms with Crippen LogP contribution >= 0.6 is 0 Å². The van der Waals surface area contributed by atoms with Crippen LogP contribution in [0.4, 0.5) is 0 Å². The maximum Gasteiger partial charge on any atom is 0.120 e. The van der Waals surface area contributed by atoms with Crippen molar-refractivity contribution >= 4 is 0 Å². The molecule has 0 amide bonds. The lowest BCUT2D eigenvalue weighted by atomic mass is 9.99. The molecule has 0 aromatic heterocycles. The molecule has 0 bridgehead atoms. The summed E-state index contributed by atoms with van der Waals surface area (Å²) in [5.41, 5.74) is 4.04. The van der Waals surface area contributed by atoms with Gasteiger partial charge in [-0.25, -0.2) is 0 Å². The molecule has 1 heterocycles. The number of nitrogens with one attached hydrogen (secondary N) is 1. The molecule has 0 radical (unpaired) electrons. The third kappa shape index (κ3) is 3.08. The monoisotopic (exact) mass is 262 g/mol. The largest absolute Gasteiger partial charge is 0.490 e. The average Bonchev–Trinajstić information content (AvgIpc) is 3.12. The summed E-state index contributed by atoms with van der Waals surface area (Å²) in [4.78, 5) is 0. The highest BCUT2D eigenvalue weighted by molar-refractivity contribution is 5.31. The molecule has 3 unspecified atom stereocenters. The van der Waals surface area contributed by atoms with E-state index >= 15 is 0 Å². The van der Waals surface area contributed by atoms with Crippen molar-refractivity contribution in [3.05, 3.63) is 29.8 Å². The number of ether oxygens (including phenoxy) is 2. The van der Waals surface area contributed by atoms with Crippen LogP contribution in [0, 0.1) is 0 Å². The standard InChI is InChI=1S/C15H22N2O2/c1-10-5-8-14(18-10)15(17-16)11-3-2-4-13(9-11)19-12-6-7-12/h2-4,9-10,12,14-15,17H,5-8,16H2,1H3. The second-order valence-electron chi connectivity index (χ2n) is 5.60. The molecular weight excluding hydrogens is 240 g/mol. The minimum absolute atomic E-state index is 0.0349. The molecule has 1 aliphatic heterocycles. The SMILES string of the molecule is CC1CCC(C(NN)c2cccc(OC3CC3)c2)O1. The van der Waals surface area contributed by atoms with Crippen molar-refractivity contribution in [1.29, 1.82) is 0 Å². The minimum atomic E-state index is 0.0349. The molecule has 1 saturated carbocycles. The van der Waals surface area contributed by atoms with Gasteiger partial charge >= 0.3 is 0 Å². The molecule has 4 heteroatoms. The Bertz CT molecular complexity index is 434. The summed E-state index contributed by atoms with van der Waals surface area (Å²) in [5.74, 6) is 6.66. The topological polar surface area (TPSA) is 56.5 Å². The van der Waals surface area contributed by atoms with Crippen LogP contribution in [0.1, 0.15) is 44.2 Å². The van der Waals surface area contributed by atoms with Gasteiger partial charge < -0.3 is 9.47 Å². The fraction of sp³-hybridized carbons (Fsp3) is 0.600. The summed E-state index contributed by atoms with van der Waals surface area (Å²) < 4.78 is 11.8. The van der Waals surface area contributed by atoms with Crippen molar-refractivity contribution < 1.29 is 9.47 Å². The van der Waals surface area contributed by atoms with E-state index < -0.39 is 0 Å². The number of rotatable bonds is 5. The maximum absolute atomic E-state index is 5.92. The van der Waals surface area contributed by atoms with Gasteiger partial charge in [-0.05, 0) is 50.3 Å². The molecule has 3 rings (SSSR count). The van der Waals surface area contributed by atoms with E-state index in [4.69, 9.17) is 15.3 Å². The third-order valence-electron chi connectivity index (χ3n) is 3.86. The van der Waals surface area contributed by atoms with Gasteiger partial charge in [-0.15, -0.1) is 0 Å². The molecule has 2 fully saturated rings. The molecule has 1 aromatic rings. The zero-order chi connectivity index (χ0) is 13.2. The molecule has 104 valence electrons. The minimum Gasteiger partial charge on any atom is -0.490 e. The Kier molecular flexibility index (Phi) is 3.73. The van der Waals surface area contributed by atoms with Gasteiger partial charge in [0.05, 0.1) is 24.4 Å². The Morgan fingerprint density at radius 3 is 2.79 bits per heavy atom. The Labute approximate surface area is 114 Å². The molecule has 2 aliphatic rings. The van der Waals surface area contributed by atoms with Crippen LogP contribution in [0.2, 0.25) is 0 Å². The van der Waals surface area contributed by atoms with Crippen molar-refractivity contribution in [3.63, 3.8) is 0 Å². The van der Waals surface area contributed by atoms with Gasteiger partial charge in [0, 0.05) is 0 Å². The Hall–Kier alpha value is -1.10. The summed E-state index contributed by atoms with van der Waals surface area (Å²) in [6, 6.07) is 8.22. The molecule has 3 atom stereocenters. The van der Waals surface area contributed by atoms with Gasteiger partial charge in [0.15, 0.2) is 0 Å². The first-order valence-corrected chi connectivity index (χ1v) is 7.14. The number of hydrogen-bond donors (Lipinski definition) is 2. The molecule has 4 nitrogen and oxygen atoms in total. The zero-order valence-corrected chi connectivity index (χ0v) is 11.3. The first-order valence-electron chi connectivity index (χ1n) is 7.14. The summed E-state index contributed by atoms with van der Waals surface area (Å²) in [6.07, 6.45) is 5.38. The summed E-state index contributed by atoms with van der Waals surface area (Å²) >= 11 is 0. The van der Waals surface area contributed by atoms with E-state index in [1.54, 1.807) is 0 Å². The van der Waals surface area contributed by atoms with Crippen LogP contribution in [0.15, 0.2) is 24.3 Å². The van der Waals surface area contributed by atoms with Gasteiger partial charge in [0.1, 0.15) is 5.75 Å². The number of hydrogen-bond acceptors (Lipinski definition) is 4. The van der Waals surface area contributed by atoms with Crippen LogP contribution in [0.25, 0.3) is 0 Å².